The van der Waals surface area contributed by atoms with Gasteiger partial charge in [0.25, 0.3) is 0 Å². The molecule has 1 unspecified atom stereocenters. The molecule has 2 rings (SSSR count). The zero-order valence-corrected chi connectivity index (χ0v) is 12.8. The molecule has 2 amide bonds. The van der Waals surface area contributed by atoms with Crippen molar-refractivity contribution in [2.75, 3.05) is 26.3 Å². The lowest BCUT2D eigenvalue weighted by Crippen LogP contribution is -2.56. The number of morpholine rings is 1. The molecule has 0 aromatic rings. The number of ether oxygens (including phenoxy) is 1. The van der Waals surface area contributed by atoms with Crippen molar-refractivity contribution in [1.29, 1.82) is 0 Å². The van der Waals surface area contributed by atoms with E-state index < -0.39 is 5.97 Å². The summed E-state index contributed by atoms with van der Waals surface area (Å²) in [5, 5.41) is 9.00. The second kappa shape index (κ2) is 7.64. The molecule has 6 nitrogen and oxygen atoms in total. The maximum absolute atomic E-state index is 12.8. The van der Waals surface area contributed by atoms with Crippen molar-refractivity contribution in [1.82, 2.24) is 9.80 Å². The Morgan fingerprint density at radius 3 is 2.62 bits per heavy atom. The number of hydrogen-bond acceptors (Lipinski definition) is 3. The van der Waals surface area contributed by atoms with E-state index >= 15 is 0 Å². The number of carbonyl (C=O) groups is 2. The number of aliphatic carboxylic acids is 1. The first-order valence-corrected chi connectivity index (χ1v) is 8.00. The molecule has 1 saturated heterocycles. The van der Waals surface area contributed by atoms with Crippen molar-refractivity contribution in [3.8, 4) is 0 Å². The summed E-state index contributed by atoms with van der Waals surface area (Å²) in [7, 11) is 0. The summed E-state index contributed by atoms with van der Waals surface area (Å²) in [6.07, 6.45) is 5.68. The van der Waals surface area contributed by atoms with Crippen LogP contribution in [0.1, 0.15) is 45.4 Å². The fourth-order valence-corrected chi connectivity index (χ4v) is 3.38. The van der Waals surface area contributed by atoms with Crippen LogP contribution in [-0.2, 0) is 9.53 Å². The van der Waals surface area contributed by atoms with Crippen LogP contribution in [0.15, 0.2) is 0 Å². The van der Waals surface area contributed by atoms with Gasteiger partial charge < -0.3 is 19.6 Å². The zero-order valence-electron chi connectivity index (χ0n) is 12.8. The normalized spacial score (nSPS) is 23.9. The summed E-state index contributed by atoms with van der Waals surface area (Å²) < 4.78 is 5.35. The summed E-state index contributed by atoms with van der Waals surface area (Å²) >= 11 is 0. The van der Waals surface area contributed by atoms with Crippen LogP contribution < -0.4 is 0 Å². The number of nitrogens with zero attached hydrogens (tertiary/aromatic N) is 2. The zero-order chi connectivity index (χ0) is 15.2. The lowest BCUT2D eigenvalue weighted by atomic mass is 9.94. The lowest BCUT2D eigenvalue weighted by Gasteiger charge is -2.41. The van der Waals surface area contributed by atoms with Crippen LogP contribution in [0.25, 0.3) is 0 Å². The molecule has 0 radical (unpaired) electrons. The first-order valence-electron chi connectivity index (χ1n) is 8.00. The van der Waals surface area contributed by atoms with Crippen molar-refractivity contribution in [2.45, 2.75) is 57.5 Å². The molecule has 1 N–H and O–H groups in total. The predicted octanol–water partition coefficient (Wildman–Crippen LogP) is 1.94. The molecule has 1 aliphatic heterocycles. The number of carboxylic acid groups (broad SMARTS) is 1. The highest BCUT2D eigenvalue weighted by molar-refractivity contribution is 5.76. The molecule has 0 aromatic heterocycles. The van der Waals surface area contributed by atoms with E-state index in [4.69, 9.17) is 9.84 Å². The van der Waals surface area contributed by atoms with Crippen LogP contribution in [0, 0.1) is 0 Å². The minimum absolute atomic E-state index is 0.0149. The Labute approximate surface area is 126 Å². The molecule has 6 heteroatoms. The second-order valence-electron chi connectivity index (χ2n) is 5.88. The van der Waals surface area contributed by atoms with Gasteiger partial charge in [0.2, 0.25) is 0 Å². The first kappa shape index (κ1) is 16.1. The first-order chi connectivity index (χ1) is 10.1. The molecule has 1 aliphatic carbocycles. The highest BCUT2D eigenvalue weighted by Crippen LogP contribution is 2.24. The van der Waals surface area contributed by atoms with E-state index in [1.165, 1.54) is 19.3 Å². The number of urea groups is 1. The highest BCUT2D eigenvalue weighted by Gasteiger charge is 2.34. The van der Waals surface area contributed by atoms with Gasteiger partial charge in [0.05, 0.1) is 25.7 Å². The molecule has 0 spiro atoms. The van der Waals surface area contributed by atoms with Crippen LogP contribution >= 0.6 is 0 Å². The molecular weight excluding hydrogens is 272 g/mol. The molecule has 1 heterocycles. The predicted molar refractivity (Wildman–Crippen MR) is 78.2 cm³/mol. The fraction of sp³-hybridized carbons (Fsp3) is 0.867. The Balaban J connectivity index is 2.04. The molecule has 1 atom stereocenters. The number of rotatable bonds is 4. The Bertz CT molecular complexity index is 369. The number of carboxylic acids is 1. The lowest BCUT2D eigenvalue weighted by molar-refractivity contribution is -0.139. The van der Waals surface area contributed by atoms with Gasteiger partial charge in [-0.1, -0.05) is 19.3 Å². The molecule has 120 valence electrons. The molecule has 21 heavy (non-hydrogen) atoms. The van der Waals surface area contributed by atoms with Crippen LogP contribution in [0.5, 0.6) is 0 Å². The number of hydrogen-bond donors (Lipinski definition) is 1. The quantitative estimate of drug-likeness (QED) is 0.861. The van der Waals surface area contributed by atoms with E-state index in [0.717, 1.165) is 12.8 Å². The van der Waals surface area contributed by atoms with Gasteiger partial charge in [-0.2, -0.15) is 0 Å². The van der Waals surface area contributed by atoms with Crippen molar-refractivity contribution in [3.05, 3.63) is 0 Å². The SMILES string of the molecule is CCN(C(=O)N1CCOCC1CC(=O)O)C1CCCCC1. The van der Waals surface area contributed by atoms with Gasteiger partial charge >= 0.3 is 12.0 Å². The van der Waals surface area contributed by atoms with Gasteiger partial charge in [-0.05, 0) is 19.8 Å². The summed E-state index contributed by atoms with van der Waals surface area (Å²) in [6.45, 7) is 3.98. The second-order valence-corrected chi connectivity index (χ2v) is 5.88. The van der Waals surface area contributed by atoms with E-state index in [2.05, 4.69) is 0 Å². The van der Waals surface area contributed by atoms with E-state index in [1.54, 1.807) is 4.90 Å². The fourth-order valence-electron chi connectivity index (χ4n) is 3.38. The topological polar surface area (TPSA) is 70.1 Å². The molecule has 2 aliphatic rings. The average molecular weight is 298 g/mol. The van der Waals surface area contributed by atoms with Crippen LogP contribution in [0.4, 0.5) is 4.79 Å². The van der Waals surface area contributed by atoms with Crippen LogP contribution in [0.2, 0.25) is 0 Å². The van der Waals surface area contributed by atoms with E-state index in [-0.39, 0.29) is 18.5 Å². The third-order valence-corrected chi connectivity index (χ3v) is 4.49. The van der Waals surface area contributed by atoms with Crippen LogP contribution in [-0.4, -0.2) is 65.3 Å². The Morgan fingerprint density at radius 2 is 2.00 bits per heavy atom. The average Bonchev–Trinajstić information content (AvgIpc) is 2.49. The maximum atomic E-state index is 12.8. The van der Waals surface area contributed by atoms with Gasteiger partial charge in [0.15, 0.2) is 0 Å². The number of carbonyl (C=O) groups excluding carboxylic acids is 1. The standard InChI is InChI=1S/C15H26N2O4/c1-2-16(12-6-4-3-5-7-12)15(20)17-8-9-21-11-13(17)10-14(18)19/h12-13H,2-11H2,1H3,(H,18,19). The summed E-state index contributed by atoms with van der Waals surface area (Å²) in [4.78, 5) is 27.4. The van der Waals surface area contributed by atoms with Gasteiger partial charge in [-0.3, -0.25) is 4.79 Å². The monoisotopic (exact) mass is 298 g/mol. The van der Waals surface area contributed by atoms with Crippen LogP contribution in [0.3, 0.4) is 0 Å². The van der Waals surface area contributed by atoms with E-state index in [0.29, 0.717) is 32.3 Å². The smallest absolute Gasteiger partial charge is 0.320 e. The van der Waals surface area contributed by atoms with Crippen molar-refractivity contribution < 1.29 is 19.4 Å². The minimum atomic E-state index is -0.885. The third kappa shape index (κ3) is 4.09. The molecule has 0 bridgehead atoms. The number of amides is 2. The van der Waals surface area contributed by atoms with Gasteiger partial charge in [-0.25, -0.2) is 4.79 Å². The molecule has 1 saturated carbocycles. The van der Waals surface area contributed by atoms with Gasteiger partial charge in [0.1, 0.15) is 0 Å². The Morgan fingerprint density at radius 1 is 1.29 bits per heavy atom. The van der Waals surface area contributed by atoms with Crippen molar-refractivity contribution in [3.63, 3.8) is 0 Å². The molecule has 2 fully saturated rings. The molecule has 0 aromatic carbocycles. The van der Waals surface area contributed by atoms with Gasteiger partial charge in [0, 0.05) is 19.1 Å². The van der Waals surface area contributed by atoms with Gasteiger partial charge in [-0.15, -0.1) is 0 Å². The largest absolute Gasteiger partial charge is 0.481 e. The Kier molecular flexibility index (Phi) is 5.85. The molecular formula is C15H26N2O4. The highest BCUT2D eigenvalue weighted by atomic mass is 16.5. The van der Waals surface area contributed by atoms with Crippen molar-refractivity contribution in [2.24, 2.45) is 0 Å². The minimum Gasteiger partial charge on any atom is -0.481 e. The van der Waals surface area contributed by atoms with E-state index in [9.17, 15) is 9.59 Å². The summed E-state index contributed by atoms with van der Waals surface area (Å²) in [6, 6.07) is -0.0510. The summed E-state index contributed by atoms with van der Waals surface area (Å²) in [5.41, 5.74) is 0. The van der Waals surface area contributed by atoms with Crippen molar-refractivity contribution >= 4 is 12.0 Å². The maximum Gasteiger partial charge on any atom is 0.320 e. The van der Waals surface area contributed by atoms with E-state index in [1.807, 2.05) is 11.8 Å². The Hall–Kier alpha value is -1.30. The summed E-state index contributed by atoms with van der Waals surface area (Å²) in [5.74, 6) is -0.885. The third-order valence-electron chi connectivity index (χ3n) is 4.49.